The molecule has 0 fully saturated rings. The Morgan fingerprint density at radius 1 is 1.28 bits per heavy atom. The van der Waals surface area contributed by atoms with Crippen LogP contribution in [0.15, 0.2) is 23.1 Å². The lowest BCUT2D eigenvalue weighted by atomic mass is 9.86. The van der Waals surface area contributed by atoms with Gasteiger partial charge in [0.15, 0.2) is 9.84 Å². The molecule has 0 aliphatic carbocycles. The number of carbonyl (C=O) groups excluding carboxylic acids is 2. The first kappa shape index (κ1) is 19.2. The molecule has 0 saturated carbocycles. The molecule has 0 radical (unpaired) electrons. The zero-order chi connectivity index (χ0) is 19.2. The molecule has 2 N–H and O–H groups in total. The van der Waals surface area contributed by atoms with Crippen LogP contribution in [0.5, 0.6) is 5.75 Å². The molecule has 0 unspecified atom stereocenters. The number of nitrogens with zero attached hydrogens (tertiary/aromatic N) is 1. The predicted molar refractivity (Wildman–Crippen MR) is 89.3 cm³/mol. The number of hydrogen-bond donors (Lipinski definition) is 2. The predicted octanol–water partition coefficient (Wildman–Crippen LogP) is 0.563. The van der Waals surface area contributed by atoms with Gasteiger partial charge in [0.25, 0.3) is 0 Å². The number of amides is 2. The highest BCUT2D eigenvalue weighted by atomic mass is 32.2. The van der Waals surface area contributed by atoms with Gasteiger partial charge in [-0.15, -0.1) is 0 Å². The van der Waals surface area contributed by atoms with Crippen LogP contribution in [0.3, 0.4) is 0 Å². The van der Waals surface area contributed by atoms with E-state index in [1.807, 2.05) is 0 Å². The van der Waals surface area contributed by atoms with Crippen LogP contribution in [0.4, 0.5) is 0 Å². The van der Waals surface area contributed by atoms with Gasteiger partial charge >= 0.3 is 0 Å². The largest absolute Gasteiger partial charge is 0.485 e. The lowest BCUT2D eigenvalue weighted by Crippen LogP contribution is -2.58. The number of hydrogen-bond acceptors (Lipinski definition) is 6. The van der Waals surface area contributed by atoms with Gasteiger partial charge in [-0.05, 0) is 32.0 Å². The molecule has 25 heavy (non-hydrogen) atoms. The van der Waals surface area contributed by atoms with E-state index in [-0.39, 0.29) is 4.90 Å². The summed E-state index contributed by atoms with van der Waals surface area (Å²) in [6.45, 7) is 5.76. The number of aliphatic hydroxyl groups excluding tert-OH is 1. The van der Waals surface area contributed by atoms with Crippen LogP contribution in [0, 0.1) is 0 Å². The third-order valence-electron chi connectivity index (χ3n) is 4.01. The lowest BCUT2D eigenvalue weighted by Gasteiger charge is -2.45. The van der Waals surface area contributed by atoms with Crippen molar-refractivity contribution < 1.29 is 27.9 Å². The molecule has 0 aromatic heterocycles. The Hall–Kier alpha value is -2.13. The normalized spacial score (nSPS) is 21.7. The first-order valence-corrected chi connectivity index (χ1v) is 9.52. The maximum atomic E-state index is 12.1. The number of rotatable bonds is 2. The van der Waals surface area contributed by atoms with E-state index in [4.69, 9.17) is 4.74 Å². The fourth-order valence-electron chi connectivity index (χ4n) is 2.77. The average Bonchev–Trinajstić information content (AvgIpc) is 2.44. The summed E-state index contributed by atoms with van der Waals surface area (Å²) in [5, 5.41) is 11.8. The Kier molecular flexibility index (Phi) is 4.84. The minimum absolute atomic E-state index is 0.0260. The second-order valence-corrected chi connectivity index (χ2v) is 8.64. The first-order valence-electron chi connectivity index (χ1n) is 7.62. The molecular formula is C16H22N2O6S. The molecular weight excluding hydrogens is 348 g/mol. The fraction of sp³-hybridized carbons (Fsp3) is 0.500. The van der Waals surface area contributed by atoms with E-state index in [2.05, 4.69) is 5.43 Å². The van der Waals surface area contributed by atoms with Crippen molar-refractivity contribution in [2.75, 3.05) is 6.26 Å². The highest BCUT2D eigenvalue weighted by Gasteiger charge is 2.47. The maximum Gasteiger partial charge on any atom is 0.238 e. The molecule has 2 rings (SSSR count). The molecule has 2 amide bonds. The second-order valence-electron chi connectivity index (χ2n) is 6.62. The van der Waals surface area contributed by atoms with E-state index in [0.717, 1.165) is 11.3 Å². The Labute approximate surface area is 146 Å². The summed E-state index contributed by atoms with van der Waals surface area (Å²) in [6.07, 6.45) is -0.143. The smallest absolute Gasteiger partial charge is 0.238 e. The molecule has 0 saturated heterocycles. The first-order chi connectivity index (χ1) is 11.3. The topological polar surface area (TPSA) is 113 Å². The third kappa shape index (κ3) is 3.77. The number of nitrogens with one attached hydrogen (secondary N) is 1. The minimum atomic E-state index is -3.50. The third-order valence-corrected chi connectivity index (χ3v) is 5.12. The zero-order valence-electron chi connectivity index (χ0n) is 14.7. The summed E-state index contributed by atoms with van der Waals surface area (Å²) in [5.41, 5.74) is 1.64. The minimum Gasteiger partial charge on any atom is -0.485 e. The van der Waals surface area contributed by atoms with Crippen LogP contribution >= 0.6 is 0 Å². The highest BCUT2D eigenvalue weighted by molar-refractivity contribution is 7.90. The molecule has 0 bridgehead atoms. The molecule has 1 aliphatic rings. The van der Waals surface area contributed by atoms with Gasteiger partial charge in [0, 0.05) is 25.7 Å². The molecule has 1 aliphatic heterocycles. The molecule has 1 aromatic carbocycles. The molecule has 9 heteroatoms. The highest BCUT2D eigenvalue weighted by Crippen LogP contribution is 2.43. The number of carbonyl (C=O) groups is 2. The summed E-state index contributed by atoms with van der Waals surface area (Å²) in [7, 11) is -3.50. The summed E-state index contributed by atoms with van der Waals surface area (Å²) in [4.78, 5) is 23.6. The number of hydrazine groups is 1. The number of ether oxygens (including phenoxy) is 1. The monoisotopic (exact) mass is 370 g/mol. The second kappa shape index (κ2) is 6.30. The van der Waals surface area contributed by atoms with Crippen molar-refractivity contribution >= 4 is 21.7 Å². The van der Waals surface area contributed by atoms with E-state index in [1.54, 1.807) is 13.8 Å². The van der Waals surface area contributed by atoms with Gasteiger partial charge in [-0.2, -0.15) is 0 Å². The van der Waals surface area contributed by atoms with Gasteiger partial charge < -0.3 is 9.84 Å². The molecule has 8 nitrogen and oxygen atoms in total. The van der Waals surface area contributed by atoms with Gasteiger partial charge in [-0.25, -0.2) is 13.4 Å². The molecule has 138 valence electrons. The van der Waals surface area contributed by atoms with E-state index in [1.165, 1.54) is 32.0 Å². The van der Waals surface area contributed by atoms with Crippen molar-refractivity contribution in [2.45, 2.75) is 50.3 Å². The van der Waals surface area contributed by atoms with Crippen LogP contribution in [-0.4, -0.2) is 48.3 Å². The Morgan fingerprint density at radius 2 is 1.88 bits per heavy atom. The van der Waals surface area contributed by atoms with Crippen molar-refractivity contribution in [3.63, 3.8) is 0 Å². The van der Waals surface area contributed by atoms with Crippen LogP contribution in [0.25, 0.3) is 0 Å². The van der Waals surface area contributed by atoms with Gasteiger partial charge in [0.05, 0.1) is 4.90 Å². The zero-order valence-corrected chi connectivity index (χ0v) is 15.5. The fourth-order valence-corrected chi connectivity index (χ4v) is 3.43. The number of fused-ring (bicyclic) bond motifs is 1. The quantitative estimate of drug-likeness (QED) is 0.736. The molecule has 1 heterocycles. The Morgan fingerprint density at radius 3 is 2.36 bits per heavy atom. The van der Waals surface area contributed by atoms with Gasteiger partial charge in [-0.1, -0.05) is 0 Å². The lowest BCUT2D eigenvalue weighted by molar-refractivity contribution is -0.154. The summed E-state index contributed by atoms with van der Waals surface area (Å²) >= 11 is 0. The average molecular weight is 370 g/mol. The summed E-state index contributed by atoms with van der Waals surface area (Å²) in [5.74, 6) is -0.663. The SMILES string of the molecule is CC(=O)NN(C(C)=O)[C@H]1c2cc(S(C)(=O)=O)ccc2OC(C)(C)[C@@H]1O. The van der Waals surface area contributed by atoms with Crippen LogP contribution in [0.2, 0.25) is 0 Å². The van der Waals surface area contributed by atoms with Crippen molar-refractivity contribution in [2.24, 2.45) is 0 Å². The molecule has 2 atom stereocenters. The maximum absolute atomic E-state index is 12.1. The van der Waals surface area contributed by atoms with Crippen LogP contribution < -0.4 is 10.2 Å². The van der Waals surface area contributed by atoms with Gasteiger partial charge in [-0.3, -0.25) is 15.0 Å². The molecule has 1 aromatic rings. The number of sulfone groups is 1. The molecule has 0 spiro atoms. The van der Waals surface area contributed by atoms with E-state index >= 15 is 0 Å². The van der Waals surface area contributed by atoms with Crippen molar-refractivity contribution in [3.05, 3.63) is 23.8 Å². The van der Waals surface area contributed by atoms with Gasteiger partial charge in [0.1, 0.15) is 23.5 Å². The van der Waals surface area contributed by atoms with Crippen molar-refractivity contribution in [3.8, 4) is 5.75 Å². The standard InChI is InChI=1S/C16H22N2O6S/c1-9(19)17-18(10(2)20)14-12-8-11(25(5,22)23)6-7-13(12)24-16(3,4)15(14)21/h6-8,14-15,21H,1-5H3,(H,17,19)/t14-,15+/m0/s1. The van der Waals surface area contributed by atoms with E-state index in [0.29, 0.717) is 11.3 Å². The van der Waals surface area contributed by atoms with Crippen molar-refractivity contribution in [1.82, 2.24) is 10.4 Å². The summed E-state index contributed by atoms with van der Waals surface area (Å²) in [6, 6.07) is 3.24. The number of benzene rings is 1. The Bertz CT molecular complexity index is 818. The van der Waals surface area contributed by atoms with Crippen LogP contribution in [0.1, 0.15) is 39.3 Å². The number of aliphatic hydroxyl groups is 1. The van der Waals surface area contributed by atoms with Crippen LogP contribution in [-0.2, 0) is 19.4 Å². The summed E-state index contributed by atoms with van der Waals surface area (Å²) < 4.78 is 29.5. The van der Waals surface area contributed by atoms with E-state index < -0.39 is 39.4 Å². The van der Waals surface area contributed by atoms with E-state index in [9.17, 15) is 23.1 Å². The van der Waals surface area contributed by atoms with Gasteiger partial charge in [0.2, 0.25) is 11.8 Å². The van der Waals surface area contributed by atoms with Crippen molar-refractivity contribution in [1.29, 1.82) is 0 Å². The Balaban J connectivity index is 2.68.